The normalized spacial score (nSPS) is 15.5. The first-order valence-electron chi connectivity index (χ1n) is 9.80. The summed E-state index contributed by atoms with van der Waals surface area (Å²) in [6, 6.07) is 12.9. The van der Waals surface area contributed by atoms with Gasteiger partial charge in [0.1, 0.15) is 17.1 Å². The van der Waals surface area contributed by atoms with Crippen LogP contribution in [0.1, 0.15) is 32.8 Å². The highest BCUT2D eigenvalue weighted by Gasteiger charge is 2.37. The van der Waals surface area contributed by atoms with Crippen LogP contribution in [-0.2, 0) is 9.59 Å². The van der Waals surface area contributed by atoms with Crippen LogP contribution in [-0.4, -0.2) is 30.6 Å². The highest BCUT2D eigenvalue weighted by Crippen LogP contribution is 2.27. The molecule has 30 heavy (non-hydrogen) atoms. The Hall–Kier alpha value is -3.61. The van der Waals surface area contributed by atoms with Gasteiger partial charge in [-0.15, -0.1) is 0 Å². The van der Waals surface area contributed by atoms with Crippen molar-refractivity contribution in [2.75, 3.05) is 11.5 Å². The quantitative estimate of drug-likeness (QED) is 0.554. The second-order valence-electron chi connectivity index (χ2n) is 7.00. The molecule has 1 aliphatic rings. The molecule has 0 saturated carbocycles. The predicted octanol–water partition coefficient (Wildman–Crippen LogP) is 3.93. The highest BCUT2D eigenvalue weighted by atomic mass is 16.5. The first kappa shape index (κ1) is 21.1. The van der Waals surface area contributed by atoms with Crippen molar-refractivity contribution in [3.05, 3.63) is 59.7 Å². The van der Waals surface area contributed by atoms with Crippen molar-refractivity contribution in [2.24, 2.45) is 0 Å². The number of benzene rings is 2. The molecule has 1 saturated heterocycles. The van der Waals surface area contributed by atoms with E-state index in [4.69, 9.17) is 9.47 Å². The van der Waals surface area contributed by atoms with Crippen molar-refractivity contribution in [1.29, 1.82) is 0 Å². The standard InChI is InChI=1S/C23H24N2O5/c1-4-13-29-18-11-9-17(10-12-18)25-22(27)19(21(26)24-23(25)28)14-16-7-5-6-8-20(16)30-15(2)3/h5-12,14-15H,4,13H2,1-3H3,(H,24,26,28)/b19-14-. The van der Waals surface area contributed by atoms with Crippen LogP contribution in [0.3, 0.4) is 0 Å². The molecule has 0 radical (unpaired) electrons. The van der Waals surface area contributed by atoms with Gasteiger partial charge in [-0.2, -0.15) is 0 Å². The number of ether oxygens (including phenoxy) is 2. The van der Waals surface area contributed by atoms with Gasteiger partial charge in [-0.1, -0.05) is 25.1 Å². The molecule has 3 rings (SSSR count). The molecule has 0 spiro atoms. The molecule has 1 aliphatic heterocycles. The maximum atomic E-state index is 13.0. The van der Waals surface area contributed by atoms with Crippen molar-refractivity contribution in [3.63, 3.8) is 0 Å². The number of anilines is 1. The van der Waals surface area contributed by atoms with E-state index >= 15 is 0 Å². The first-order valence-corrected chi connectivity index (χ1v) is 9.80. The third-order valence-electron chi connectivity index (χ3n) is 4.25. The van der Waals surface area contributed by atoms with E-state index in [1.807, 2.05) is 20.8 Å². The van der Waals surface area contributed by atoms with Gasteiger partial charge in [0.25, 0.3) is 11.8 Å². The molecule has 1 N–H and O–H groups in total. The second-order valence-corrected chi connectivity index (χ2v) is 7.00. The summed E-state index contributed by atoms with van der Waals surface area (Å²) in [5.74, 6) is -0.271. The van der Waals surface area contributed by atoms with Crippen LogP contribution in [0.15, 0.2) is 54.1 Å². The Morgan fingerprint density at radius 1 is 1.03 bits per heavy atom. The summed E-state index contributed by atoms with van der Waals surface area (Å²) in [5.41, 5.74) is 0.759. The minimum Gasteiger partial charge on any atom is -0.494 e. The number of amides is 4. The molecule has 0 aromatic heterocycles. The maximum absolute atomic E-state index is 13.0. The lowest BCUT2D eigenvalue weighted by Crippen LogP contribution is -2.54. The lowest BCUT2D eigenvalue weighted by atomic mass is 10.1. The van der Waals surface area contributed by atoms with Crippen LogP contribution in [0.25, 0.3) is 6.08 Å². The molecule has 4 amide bonds. The number of hydrogen-bond acceptors (Lipinski definition) is 5. The van der Waals surface area contributed by atoms with Gasteiger partial charge in [-0.25, -0.2) is 9.69 Å². The van der Waals surface area contributed by atoms with Gasteiger partial charge in [-0.3, -0.25) is 14.9 Å². The van der Waals surface area contributed by atoms with E-state index in [9.17, 15) is 14.4 Å². The van der Waals surface area contributed by atoms with Gasteiger partial charge in [0.15, 0.2) is 0 Å². The van der Waals surface area contributed by atoms with Crippen molar-refractivity contribution >= 4 is 29.6 Å². The molecule has 1 fully saturated rings. The van der Waals surface area contributed by atoms with Crippen LogP contribution in [0.5, 0.6) is 11.5 Å². The molecule has 1 heterocycles. The van der Waals surface area contributed by atoms with Crippen LogP contribution >= 0.6 is 0 Å². The Morgan fingerprint density at radius 3 is 2.40 bits per heavy atom. The summed E-state index contributed by atoms with van der Waals surface area (Å²) in [7, 11) is 0. The molecule has 2 aromatic rings. The molecule has 2 aromatic carbocycles. The fourth-order valence-electron chi connectivity index (χ4n) is 2.92. The fraction of sp³-hybridized carbons (Fsp3) is 0.261. The zero-order valence-electron chi connectivity index (χ0n) is 17.2. The average Bonchev–Trinajstić information content (AvgIpc) is 2.71. The van der Waals surface area contributed by atoms with E-state index < -0.39 is 17.8 Å². The number of hydrogen-bond donors (Lipinski definition) is 1. The van der Waals surface area contributed by atoms with E-state index in [0.717, 1.165) is 11.3 Å². The smallest absolute Gasteiger partial charge is 0.335 e. The van der Waals surface area contributed by atoms with Gasteiger partial charge < -0.3 is 9.47 Å². The Labute approximate surface area is 175 Å². The highest BCUT2D eigenvalue weighted by molar-refractivity contribution is 6.39. The Bertz CT molecular complexity index is 979. The molecule has 0 bridgehead atoms. The topological polar surface area (TPSA) is 84.9 Å². The average molecular weight is 408 g/mol. The molecule has 0 atom stereocenters. The number of rotatable bonds is 7. The van der Waals surface area contributed by atoms with Gasteiger partial charge in [0, 0.05) is 5.56 Å². The number of barbiturate groups is 1. The summed E-state index contributed by atoms with van der Waals surface area (Å²) in [5, 5.41) is 2.22. The molecular formula is C23H24N2O5. The molecular weight excluding hydrogens is 384 g/mol. The maximum Gasteiger partial charge on any atom is 0.335 e. The zero-order valence-corrected chi connectivity index (χ0v) is 17.2. The lowest BCUT2D eigenvalue weighted by molar-refractivity contribution is -0.122. The van der Waals surface area contributed by atoms with Crippen molar-refractivity contribution in [1.82, 2.24) is 5.32 Å². The number of nitrogens with one attached hydrogen (secondary N) is 1. The molecule has 0 unspecified atom stereocenters. The SMILES string of the molecule is CCCOc1ccc(N2C(=O)NC(=O)/C(=C/c3ccccc3OC(C)C)C2=O)cc1. The molecule has 7 heteroatoms. The third kappa shape index (κ3) is 4.68. The summed E-state index contributed by atoms with van der Waals surface area (Å²) in [4.78, 5) is 38.7. The van der Waals surface area contributed by atoms with Crippen LogP contribution < -0.4 is 19.7 Å². The number of carbonyl (C=O) groups excluding carboxylic acids is 3. The number of carbonyl (C=O) groups is 3. The number of nitrogens with zero attached hydrogens (tertiary/aromatic N) is 1. The van der Waals surface area contributed by atoms with Gasteiger partial charge in [0.2, 0.25) is 0 Å². The minimum absolute atomic E-state index is 0.0769. The van der Waals surface area contributed by atoms with Crippen LogP contribution in [0.2, 0.25) is 0 Å². The summed E-state index contributed by atoms with van der Waals surface area (Å²) < 4.78 is 11.3. The summed E-state index contributed by atoms with van der Waals surface area (Å²) in [6.07, 6.45) is 2.23. The van der Waals surface area contributed by atoms with Crippen molar-refractivity contribution < 1.29 is 23.9 Å². The Balaban J connectivity index is 1.92. The van der Waals surface area contributed by atoms with E-state index in [0.29, 0.717) is 29.4 Å². The van der Waals surface area contributed by atoms with E-state index in [-0.39, 0.29) is 11.7 Å². The van der Waals surface area contributed by atoms with E-state index in [2.05, 4.69) is 5.32 Å². The number of para-hydroxylation sites is 1. The van der Waals surface area contributed by atoms with Crippen molar-refractivity contribution in [2.45, 2.75) is 33.3 Å². The summed E-state index contributed by atoms with van der Waals surface area (Å²) in [6.45, 7) is 6.34. The minimum atomic E-state index is -0.795. The predicted molar refractivity (Wildman–Crippen MR) is 113 cm³/mol. The Kier molecular flexibility index (Phi) is 6.51. The first-order chi connectivity index (χ1) is 14.4. The van der Waals surface area contributed by atoms with E-state index in [1.54, 1.807) is 48.5 Å². The van der Waals surface area contributed by atoms with Crippen LogP contribution in [0.4, 0.5) is 10.5 Å². The van der Waals surface area contributed by atoms with Crippen LogP contribution in [0, 0.1) is 0 Å². The fourth-order valence-corrected chi connectivity index (χ4v) is 2.92. The van der Waals surface area contributed by atoms with Gasteiger partial charge in [-0.05, 0) is 56.7 Å². The number of urea groups is 1. The third-order valence-corrected chi connectivity index (χ3v) is 4.25. The number of imide groups is 2. The molecule has 0 aliphatic carbocycles. The molecule has 156 valence electrons. The Morgan fingerprint density at radius 2 is 1.73 bits per heavy atom. The van der Waals surface area contributed by atoms with Gasteiger partial charge >= 0.3 is 6.03 Å². The van der Waals surface area contributed by atoms with Gasteiger partial charge in [0.05, 0.1) is 18.4 Å². The largest absolute Gasteiger partial charge is 0.494 e. The monoisotopic (exact) mass is 408 g/mol. The van der Waals surface area contributed by atoms with E-state index in [1.165, 1.54) is 6.08 Å². The summed E-state index contributed by atoms with van der Waals surface area (Å²) >= 11 is 0. The van der Waals surface area contributed by atoms with Crippen molar-refractivity contribution in [3.8, 4) is 11.5 Å². The lowest BCUT2D eigenvalue weighted by Gasteiger charge is -2.26. The molecule has 7 nitrogen and oxygen atoms in total. The second kappa shape index (κ2) is 9.26. The zero-order chi connectivity index (χ0) is 21.7.